The van der Waals surface area contributed by atoms with Crippen molar-refractivity contribution in [1.29, 1.82) is 0 Å². The molecule has 0 unspecified atom stereocenters. The van der Waals surface area contributed by atoms with Crippen molar-refractivity contribution in [2.45, 2.75) is 66.7 Å². The van der Waals surface area contributed by atoms with E-state index in [1.807, 2.05) is 13.8 Å². The summed E-state index contributed by atoms with van der Waals surface area (Å²) in [5.74, 6) is 0.769. The smallest absolute Gasteiger partial charge is 0.224 e. The lowest BCUT2D eigenvalue weighted by molar-refractivity contribution is -0.122. The highest BCUT2D eigenvalue weighted by molar-refractivity contribution is 6.25. The summed E-state index contributed by atoms with van der Waals surface area (Å²) in [7, 11) is 1.52. The molecule has 0 spiro atoms. The maximum absolute atomic E-state index is 13.3. The van der Waals surface area contributed by atoms with Crippen molar-refractivity contribution >= 4 is 11.6 Å². The molecule has 24 heavy (non-hydrogen) atoms. The SMILES string of the molecule is COC1=C(C(C)C)C(=O)C2=C(C1=O)[C@@]1(C)CCCC(C)(C)[C@@H]1CC2. The van der Waals surface area contributed by atoms with E-state index >= 15 is 0 Å². The Labute approximate surface area is 145 Å². The third-order valence-corrected chi connectivity index (χ3v) is 6.76. The lowest BCUT2D eigenvalue weighted by Gasteiger charge is -2.55. The van der Waals surface area contributed by atoms with Crippen LogP contribution in [-0.2, 0) is 14.3 Å². The van der Waals surface area contributed by atoms with Crippen LogP contribution in [0, 0.1) is 22.7 Å². The summed E-state index contributed by atoms with van der Waals surface area (Å²) in [6, 6.07) is 0. The number of fused-ring (bicyclic) bond motifs is 2. The first-order valence-electron chi connectivity index (χ1n) is 9.26. The van der Waals surface area contributed by atoms with Crippen molar-refractivity contribution in [3.63, 3.8) is 0 Å². The normalized spacial score (nSPS) is 32.9. The van der Waals surface area contributed by atoms with Crippen LogP contribution in [0.5, 0.6) is 0 Å². The zero-order valence-electron chi connectivity index (χ0n) is 15.9. The molecule has 0 heterocycles. The lowest BCUT2D eigenvalue weighted by atomic mass is 9.48. The quantitative estimate of drug-likeness (QED) is 0.694. The molecule has 3 aliphatic carbocycles. The molecule has 3 heteroatoms. The Morgan fingerprint density at radius 2 is 1.75 bits per heavy atom. The number of rotatable bonds is 2. The summed E-state index contributed by atoms with van der Waals surface area (Å²) < 4.78 is 5.45. The summed E-state index contributed by atoms with van der Waals surface area (Å²) in [4.78, 5) is 26.5. The van der Waals surface area contributed by atoms with Crippen LogP contribution in [-0.4, -0.2) is 18.7 Å². The maximum Gasteiger partial charge on any atom is 0.224 e. The molecule has 0 amide bonds. The summed E-state index contributed by atoms with van der Waals surface area (Å²) in [6.07, 6.45) is 5.04. The maximum atomic E-state index is 13.3. The minimum atomic E-state index is -0.200. The standard InChI is InChI=1S/C21H30O3/c1-12(2)15-17(22)13-8-9-14-20(3,4)10-7-11-21(14,5)16(13)18(23)19(15)24-6/h12,14H,7-11H2,1-6H3/t14-,21-/m0/s1. The number of Topliss-reactive ketones (excluding diaryl/α,β-unsaturated/α-hetero) is 2. The van der Waals surface area contributed by atoms with E-state index in [9.17, 15) is 9.59 Å². The molecule has 132 valence electrons. The van der Waals surface area contributed by atoms with Gasteiger partial charge in [-0.05, 0) is 42.9 Å². The molecule has 0 N–H and O–H groups in total. The van der Waals surface area contributed by atoms with Gasteiger partial charge in [-0.2, -0.15) is 0 Å². The largest absolute Gasteiger partial charge is 0.492 e. The number of methoxy groups -OCH3 is 1. The van der Waals surface area contributed by atoms with E-state index in [2.05, 4.69) is 20.8 Å². The number of carbonyl (C=O) groups is 2. The van der Waals surface area contributed by atoms with E-state index in [1.54, 1.807) is 0 Å². The average Bonchev–Trinajstić information content (AvgIpc) is 2.48. The van der Waals surface area contributed by atoms with Gasteiger partial charge in [-0.1, -0.05) is 41.0 Å². The Hall–Kier alpha value is -1.38. The Morgan fingerprint density at radius 3 is 2.33 bits per heavy atom. The number of hydrogen-bond acceptors (Lipinski definition) is 3. The second-order valence-corrected chi connectivity index (χ2v) is 8.96. The average molecular weight is 330 g/mol. The highest BCUT2D eigenvalue weighted by atomic mass is 16.5. The lowest BCUT2D eigenvalue weighted by Crippen LogP contribution is -2.49. The van der Waals surface area contributed by atoms with Crippen LogP contribution in [0.2, 0.25) is 0 Å². The second kappa shape index (κ2) is 5.57. The summed E-state index contributed by atoms with van der Waals surface area (Å²) in [6.45, 7) is 10.8. The monoisotopic (exact) mass is 330 g/mol. The Morgan fingerprint density at radius 1 is 1.08 bits per heavy atom. The van der Waals surface area contributed by atoms with Crippen LogP contribution in [0.15, 0.2) is 22.5 Å². The Balaban J connectivity index is 2.17. The van der Waals surface area contributed by atoms with E-state index in [4.69, 9.17) is 4.74 Å². The van der Waals surface area contributed by atoms with Gasteiger partial charge in [-0.25, -0.2) is 0 Å². The van der Waals surface area contributed by atoms with Gasteiger partial charge in [0.2, 0.25) is 5.78 Å². The minimum absolute atomic E-state index is 0.00113. The first-order valence-corrected chi connectivity index (χ1v) is 9.26. The van der Waals surface area contributed by atoms with Crippen LogP contribution < -0.4 is 0 Å². The third-order valence-electron chi connectivity index (χ3n) is 6.76. The van der Waals surface area contributed by atoms with Crippen LogP contribution in [0.25, 0.3) is 0 Å². The molecule has 0 bridgehead atoms. The van der Waals surface area contributed by atoms with E-state index in [0.717, 1.165) is 36.8 Å². The molecule has 2 atom stereocenters. The highest BCUT2D eigenvalue weighted by Crippen LogP contribution is 2.61. The van der Waals surface area contributed by atoms with Gasteiger partial charge in [-0.3, -0.25) is 9.59 Å². The molecule has 0 aliphatic heterocycles. The number of carbonyl (C=O) groups excluding carboxylic acids is 2. The molecule has 3 nitrogen and oxygen atoms in total. The predicted molar refractivity (Wildman–Crippen MR) is 94.4 cm³/mol. The fourth-order valence-corrected chi connectivity index (χ4v) is 5.74. The van der Waals surface area contributed by atoms with E-state index in [-0.39, 0.29) is 28.3 Å². The molecular formula is C21H30O3. The molecule has 0 aromatic rings. The van der Waals surface area contributed by atoms with Crippen molar-refractivity contribution < 1.29 is 14.3 Å². The van der Waals surface area contributed by atoms with E-state index < -0.39 is 0 Å². The van der Waals surface area contributed by atoms with Gasteiger partial charge in [0.1, 0.15) is 0 Å². The molecular weight excluding hydrogens is 300 g/mol. The molecule has 1 saturated carbocycles. The van der Waals surface area contributed by atoms with Crippen molar-refractivity contribution in [2.75, 3.05) is 7.11 Å². The van der Waals surface area contributed by atoms with Crippen LogP contribution >= 0.6 is 0 Å². The third kappa shape index (κ3) is 2.23. The Kier molecular flexibility index (Phi) is 4.05. The number of allylic oxidation sites excluding steroid dienone is 3. The molecule has 1 fully saturated rings. The zero-order valence-corrected chi connectivity index (χ0v) is 15.9. The van der Waals surface area contributed by atoms with Gasteiger partial charge in [0.25, 0.3) is 0 Å². The van der Waals surface area contributed by atoms with Crippen LogP contribution in [0.1, 0.15) is 66.7 Å². The minimum Gasteiger partial charge on any atom is -0.492 e. The van der Waals surface area contributed by atoms with Crippen LogP contribution in [0.3, 0.4) is 0 Å². The van der Waals surface area contributed by atoms with Crippen molar-refractivity contribution in [1.82, 2.24) is 0 Å². The van der Waals surface area contributed by atoms with Gasteiger partial charge in [-0.15, -0.1) is 0 Å². The number of ether oxygens (including phenoxy) is 1. The van der Waals surface area contributed by atoms with Gasteiger partial charge in [0, 0.05) is 22.1 Å². The van der Waals surface area contributed by atoms with Crippen molar-refractivity contribution in [3.05, 3.63) is 22.5 Å². The fourth-order valence-electron chi connectivity index (χ4n) is 5.74. The predicted octanol–water partition coefficient (Wildman–Crippen LogP) is 4.62. The van der Waals surface area contributed by atoms with Crippen molar-refractivity contribution in [2.24, 2.45) is 22.7 Å². The topological polar surface area (TPSA) is 43.4 Å². The number of ketones is 2. The van der Waals surface area contributed by atoms with Gasteiger partial charge in [0.05, 0.1) is 7.11 Å². The zero-order chi connectivity index (χ0) is 17.9. The first kappa shape index (κ1) is 17.4. The molecule has 3 aliphatic rings. The Bertz CT molecular complexity index is 663. The molecule has 0 aromatic heterocycles. The fraction of sp³-hybridized carbons (Fsp3) is 0.714. The van der Waals surface area contributed by atoms with E-state index in [1.165, 1.54) is 13.5 Å². The van der Waals surface area contributed by atoms with E-state index in [0.29, 0.717) is 17.3 Å². The second-order valence-electron chi connectivity index (χ2n) is 8.96. The highest BCUT2D eigenvalue weighted by Gasteiger charge is 2.55. The van der Waals surface area contributed by atoms with Gasteiger partial charge in [0.15, 0.2) is 11.5 Å². The van der Waals surface area contributed by atoms with Crippen LogP contribution in [0.4, 0.5) is 0 Å². The van der Waals surface area contributed by atoms with Gasteiger partial charge >= 0.3 is 0 Å². The van der Waals surface area contributed by atoms with Crippen molar-refractivity contribution in [3.8, 4) is 0 Å². The molecule has 0 radical (unpaired) electrons. The van der Waals surface area contributed by atoms with Gasteiger partial charge < -0.3 is 4.74 Å². The molecule has 3 rings (SSSR count). The number of hydrogen-bond donors (Lipinski definition) is 0. The summed E-state index contributed by atoms with van der Waals surface area (Å²) >= 11 is 0. The molecule has 0 aromatic carbocycles. The first-order chi connectivity index (χ1) is 11.1. The summed E-state index contributed by atoms with van der Waals surface area (Å²) in [5, 5.41) is 0. The molecule has 0 saturated heterocycles. The summed E-state index contributed by atoms with van der Waals surface area (Å²) in [5.41, 5.74) is 2.13.